The number of benzene rings is 1. The van der Waals surface area contributed by atoms with Crippen molar-refractivity contribution in [2.24, 2.45) is 11.8 Å². The summed E-state index contributed by atoms with van der Waals surface area (Å²) < 4.78 is 20.5. The van der Waals surface area contributed by atoms with Crippen LogP contribution in [0, 0.1) is 17.7 Å². The molecule has 1 aromatic rings. The fourth-order valence-electron chi connectivity index (χ4n) is 3.76. The molecule has 5 nitrogen and oxygen atoms in total. The average molecular weight is 440 g/mol. The Labute approximate surface area is 182 Å². The number of aliphatic carboxylic acids is 1. The second kappa shape index (κ2) is 9.82. The standard InChI is InChI=1S/C23H31ClFNO4/c1-14(2)7-9-30-22-18(24)10-16(11-19(22)25)23(5)12-20(27)26(8-6-21(28)29)13-17(23)15(3)4/h10-11,13-15H,6-9,12H2,1-5H3,(H,28,29)/t23-/m0/s1. The lowest BCUT2D eigenvalue weighted by atomic mass is 9.68. The summed E-state index contributed by atoms with van der Waals surface area (Å²) in [5.41, 5.74) is 0.787. The minimum absolute atomic E-state index is 0.0324. The van der Waals surface area contributed by atoms with Gasteiger partial charge in [-0.1, -0.05) is 46.2 Å². The third-order valence-corrected chi connectivity index (χ3v) is 5.80. The molecule has 30 heavy (non-hydrogen) atoms. The Morgan fingerprint density at radius 1 is 1.33 bits per heavy atom. The van der Waals surface area contributed by atoms with Crippen LogP contribution in [0.15, 0.2) is 23.9 Å². The molecule has 166 valence electrons. The Bertz CT molecular complexity index is 813. The van der Waals surface area contributed by atoms with Crippen molar-refractivity contribution in [2.75, 3.05) is 13.2 Å². The Morgan fingerprint density at radius 3 is 2.53 bits per heavy atom. The molecule has 1 heterocycles. The van der Waals surface area contributed by atoms with Crippen molar-refractivity contribution in [3.05, 3.63) is 40.3 Å². The molecule has 0 aromatic heterocycles. The first kappa shape index (κ1) is 24.2. The van der Waals surface area contributed by atoms with Crippen LogP contribution in [0.25, 0.3) is 0 Å². The van der Waals surface area contributed by atoms with Crippen molar-refractivity contribution in [3.63, 3.8) is 0 Å². The lowest BCUT2D eigenvalue weighted by Gasteiger charge is -2.41. The van der Waals surface area contributed by atoms with Gasteiger partial charge in [0.25, 0.3) is 0 Å². The van der Waals surface area contributed by atoms with Crippen molar-refractivity contribution in [1.82, 2.24) is 4.90 Å². The number of carboxylic acid groups (broad SMARTS) is 1. The normalized spacial score (nSPS) is 19.4. The number of amides is 1. The molecule has 1 aliphatic heterocycles. The fraction of sp³-hybridized carbons (Fsp3) is 0.565. The maximum Gasteiger partial charge on any atom is 0.305 e. The molecule has 0 saturated carbocycles. The molecular weight excluding hydrogens is 409 g/mol. The number of hydrogen-bond donors (Lipinski definition) is 1. The van der Waals surface area contributed by atoms with Gasteiger partial charge < -0.3 is 14.7 Å². The van der Waals surface area contributed by atoms with E-state index in [0.29, 0.717) is 18.1 Å². The van der Waals surface area contributed by atoms with Crippen LogP contribution in [0.5, 0.6) is 5.75 Å². The molecule has 1 aliphatic rings. The van der Waals surface area contributed by atoms with Crippen molar-refractivity contribution in [1.29, 1.82) is 0 Å². The van der Waals surface area contributed by atoms with Gasteiger partial charge >= 0.3 is 5.97 Å². The van der Waals surface area contributed by atoms with Crippen LogP contribution in [0.2, 0.25) is 5.02 Å². The number of ether oxygens (including phenoxy) is 1. The van der Waals surface area contributed by atoms with Gasteiger partial charge in [-0.15, -0.1) is 0 Å². The maximum absolute atomic E-state index is 14.9. The van der Waals surface area contributed by atoms with Gasteiger partial charge in [-0.05, 0) is 41.5 Å². The quantitative estimate of drug-likeness (QED) is 0.558. The molecule has 0 saturated heterocycles. The molecule has 0 fully saturated rings. The van der Waals surface area contributed by atoms with E-state index in [0.717, 1.165) is 12.0 Å². The minimum Gasteiger partial charge on any atom is -0.489 e. The second-order valence-corrected chi connectivity index (χ2v) is 9.19. The van der Waals surface area contributed by atoms with Gasteiger partial charge in [0.05, 0.1) is 18.1 Å². The first-order chi connectivity index (χ1) is 14.0. The Morgan fingerprint density at radius 2 is 2.00 bits per heavy atom. The minimum atomic E-state index is -0.961. The first-order valence-corrected chi connectivity index (χ1v) is 10.7. The average Bonchev–Trinajstić information content (AvgIpc) is 2.62. The molecule has 0 radical (unpaired) electrons. The zero-order valence-corrected chi connectivity index (χ0v) is 19.1. The first-order valence-electron chi connectivity index (χ1n) is 10.3. The summed E-state index contributed by atoms with van der Waals surface area (Å²) in [6, 6.07) is 3.07. The van der Waals surface area contributed by atoms with Gasteiger partial charge in [-0.25, -0.2) is 4.39 Å². The molecule has 0 spiro atoms. The second-order valence-electron chi connectivity index (χ2n) is 8.78. The summed E-state index contributed by atoms with van der Waals surface area (Å²) in [5, 5.41) is 9.12. The lowest BCUT2D eigenvalue weighted by molar-refractivity contribution is -0.138. The van der Waals surface area contributed by atoms with Crippen LogP contribution in [0.4, 0.5) is 4.39 Å². The number of carboxylic acids is 1. The van der Waals surface area contributed by atoms with Crippen LogP contribution in [-0.4, -0.2) is 35.0 Å². The lowest BCUT2D eigenvalue weighted by Crippen LogP contribution is -2.42. The Kier molecular flexibility index (Phi) is 7.92. The van der Waals surface area contributed by atoms with Crippen molar-refractivity contribution >= 4 is 23.5 Å². The highest BCUT2D eigenvalue weighted by molar-refractivity contribution is 6.32. The van der Waals surface area contributed by atoms with Gasteiger partial charge in [0.2, 0.25) is 5.91 Å². The molecule has 0 bridgehead atoms. The number of hydrogen-bond acceptors (Lipinski definition) is 3. The molecular formula is C23H31ClFNO4. The van der Waals surface area contributed by atoms with Crippen molar-refractivity contribution < 1.29 is 23.8 Å². The number of allylic oxidation sites excluding steroid dienone is 1. The number of carbonyl (C=O) groups excluding carboxylic acids is 1. The fourth-order valence-corrected chi connectivity index (χ4v) is 4.02. The van der Waals surface area contributed by atoms with E-state index >= 15 is 0 Å². The molecule has 2 rings (SSSR count). The van der Waals surface area contributed by atoms with Gasteiger partial charge in [0.1, 0.15) is 0 Å². The summed E-state index contributed by atoms with van der Waals surface area (Å²) in [6.07, 6.45) is 2.49. The van der Waals surface area contributed by atoms with E-state index in [-0.39, 0.29) is 42.0 Å². The predicted octanol–water partition coefficient (Wildman–Crippen LogP) is 5.41. The van der Waals surface area contributed by atoms with E-state index in [2.05, 4.69) is 13.8 Å². The van der Waals surface area contributed by atoms with Crippen LogP contribution in [-0.2, 0) is 15.0 Å². The van der Waals surface area contributed by atoms with Gasteiger partial charge in [0, 0.05) is 24.6 Å². The highest BCUT2D eigenvalue weighted by atomic mass is 35.5. The highest BCUT2D eigenvalue weighted by Crippen LogP contribution is 2.45. The number of carbonyl (C=O) groups is 2. The monoisotopic (exact) mass is 439 g/mol. The Balaban J connectivity index is 2.39. The number of rotatable bonds is 9. The van der Waals surface area contributed by atoms with E-state index in [4.69, 9.17) is 21.4 Å². The third kappa shape index (κ3) is 5.54. The maximum atomic E-state index is 14.9. The molecule has 1 amide bonds. The number of nitrogens with zero attached hydrogens (tertiary/aromatic N) is 1. The Hall–Kier alpha value is -2.08. The van der Waals surface area contributed by atoms with E-state index in [9.17, 15) is 14.0 Å². The van der Waals surface area contributed by atoms with Gasteiger partial charge in [-0.2, -0.15) is 0 Å². The smallest absolute Gasteiger partial charge is 0.305 e. The third-order valence-electron chi connectivity index (χ3n) is 5.52. The summed E-state index contributed by atoms with van der Waals surface area (Å²) >= 11 is 6.36. The topological polar surface area (TPSA) is 66.8 Å². The van der Waals surface area contributed by atoms with E-state index in [1.165, 1.54) is 11.0 Å². The van der Waals surface area contributed by atoms with Crippen LogP contribution in [0.3, 0.4) is 0 Å². The molecule has 1 atom stereocenters. The highest BCUT2D eigenvalue weighted by Gasteiger charge is 2.41. The zero-order valence-electron chi connectivity index (χ0n) is 18.3. The van der Waals surface area contributed by atoms with Crippen LogP contribution in [0.1, 0.15) is 59.4 Å². The van der Waals surface area contributed by atoms with E-state index < -0.39 is 17.2 Å². The van der Waals surface area contributed by atoms with E-state index in [1.54, 1.807) is 12.3 Å². The molecule has 1 N–H and O–H groups in total. The molecule has 7 heteroatoms. The summed E-state index contributed by atoms with van der Waals surface area (Å²) in [4.78, 5) is 25.1. The summed E-state index contributed by atoms with van der Waals surface area (Å²) in [6.45, 7) is 10.5. The number of halogens is 2. The zero-order chi connectivity index (χ0) is 22.6. The molecule has 0 unspecified atom stereocenters. The van der Waals surface area contributed by atoms with Gasteiger partial charge in [-0.3, -0.25) is 9.59 Å². The summed E-state index contributed by atoms with van der Waals surface area (Å²) in [7, 11) is 0. The van der Waals surface area contributed by atoms with Crippen LogP contribution < -0.4 is 4.74 Å². The summed E-state index contributed by atoms with van der Waals surface area (Å²) in [5.74, 6) is -1.17. The van der Waals surface area contributed by atoms with Crippen LogP contribution >= 0.6 is 11.6 Å². The van der Waals surface area contributed by atoms with E-state index in [1.807, 2.05) is 20.8 Å². The molecule has 0 aliphatic carbocycles. The van der Waals surface area contributed by atoms with Crippen molar-refractivity contribution in [2.45, 2.75) is 59.3 Å². The largest absolute Gasteiger partial charge is 0.489 e. The predicted molar refractivity (Wildman–Crippen MR) is 115 cm³/mol. The SMILES string of the molecule is CC(C)CCOc1c(F)cc([C@]2(C)CC(=O)N(CCC(=O)O)C=C2C(C)C)cc1Cl. The molecule has 1 aromatic carbocycles. The van der Waals surface area contributed by atoms with Gasteiger partial charge in [0.15, 0.2) is 11.6 Å². The van der Waals surface area contributed by atoms with Crippen molar-refractivity contribution in [3.8, 4) is 5.75 Å².